The third kappa shape index (κ3) is 5.23. The minimum Gasteiger partial charge on any atom is -0.369 e. The molecule has 2 amide bonds. The first kappa shape index (κ1) is 18.3. The molecule has 6 nitrogen and oxygen atoms in total. The number of anilines is 1. The zero-order valence-corrected chi connectivity index (χ0v) is 14.5. The standard InChI is InChI=1S/C18H28N4O2/c1-13(2)17(19)18(24)20-11-16(23)21-14-7-6-10-22(12-14)15-8-4-3-5-9-15/h3-5,8-9,13-14,17H,6-7,10-12,19H2,1-2H3,(H,20,24)(H,21,23)/t14?,17-/m0/s1. The molecule has 2 atom stereocenters. The van der Waals surface area contributed by atoms with E-state index in [9.17, 15) is 9.59 Å². The third-order valence-electron chi connectivity index (χ3n) is 4.35. The maximum absolute atomic E-state index is 12.1. The number of rotatable bonds is 6. The maximum Gasteiger partial charge on any atom is 0.239 e. The molecule has 1 aliphatic heterocycles. The molecule has 1 fully saturated rings. The average molecular weight is 332 g/mol. The van der Waals surface area contributed by atoms with Crippen LogP contribution in [0.4, 0.5) is 5.69 Å². The van der Waals surface area contributed by atoms with Crippen molar-refractivity contribution in [3.8, 4) is 0 Å². The highest BCUT2D eigenvalue weighted by Gasteiger charge is 2.22. The van der Waals surface area contributed by atoms with Crippen LogP contribution in [0.2, 0.25) is 0 Å². The molecule has 4 N–H and O–H groups in total. The fourth-order valence-corrected chi connectivity index (χ4v) is 2.83. The van der Waals surface area contributed by atoms with Crippen molar-refractivity contribution in [1.82, 2.24) is 10.6 Å². The van der Waals surface area contributed by atoms with Gasteiger partial charge in [0, 0.05) is 24.8 Å². The Hall–Kier alpha value is -2.08. The lowest BCUT2D eigenvalue weighted by atomic mass is 10.0. The molecule has 0 spiro atoms. The molecule has 132 valence electrons. The normalized spacial score (nSPS) is 19.0. The topological polar surface area (TPSA) is 87.5 Å². The SMILES string of the molecule is CC(C)[C@H](N)C(=O)NCC(=O)NC1CCCN(c2ccccc2)C1. The van der Waals surface area contributed by atoms with Gasteiger partial charge in [0.2, 0.25) is 11.8 Å². The molecule has 1 unspecified atom stereocenters. The Morgan fingerprint density at radius 3 is 2.67 bits per heavy atom. The van der Waals surface area contributed by atoms with Gasteiger partial charge in [-0.3, -0.25) is 9.59 Å². The summed E-state index contributed by atoms with van der Waals surface area (Å²) in [6, 6.07) is 9.71. The zero-order valence-electron chi connectivity index (χ0n) is 14.5. The summed E-state index contributed by atoms with van der Waals surface area (Å²) in [6.45, 7) is 5.52. The van der Waals surface area contributed by atoms with E-state index in [0.29, 0.717) is 0 Å². The Labute approximate surface area is 143 Å². The van der Waals surface area contributed by atoms with Crippen LogP contribution in [0.5, 0.6) is 0 Å². The number of hydrogen-bond acceptors (Lipinski definition) is 4. The number of para-hydroxylation sites is 1. The van der Waals surface area contributed by atoms with Crippen LogP contribution in [0.3, 0.4) is 0 Å². The van der Waals surface area contributed by atoms with Gasteiger partial charge in [-0.25, -0.2) is 0 Å². The van der Waals surface area contributed by atoms with Gasteiger partial charge >= 0.3 is 0 Å². The summed E-state index contributed by atoms with van der Waals surface area (Å²) in [6.07, 6.45) is 1.99. The van der Waals surface area contributed by atoms with Crippen LogP contribution < -0.4 is 21.3 Å². The monoisotopic (exact) mass is 332 g/mol. The van der Waals surface area contributed by atoms with Crippen LogP contribution in [-0.2, 0) is 9.59 Å². The molecule has 6 heteroatoms. The molecule has 0 radical (unpaired) electrons. The molecular formula is C18H28N4O2. The smallest absolute Gasteiger partial charge is 0.239 e. The molecular weight excluding hydrogens is 304 g/mol. The second kappa shape index (κ2) is 8.68. The Bertz CT molecular complexity index is 547. The molecule has 1 heterocycles. The Balaban J connectivity index is 1.78. The summed E-state index contributed by atoms with van der Waals surface area (Å²) in [5, 5.41) is 5.61. The molecule has 0 aliphatic carbocycles. The van der Waals surface area contributed by atoms with Gasteiger partial charge in [0.05, 0.1) is 12.6 Å². The number of amides is 2. The fraction of sp³-hybridized carbons (Fsp3) is 0.556. The Morgan fingerprint density at radius 2 is 2.00 bits per heavy atom. The first-order valence-corrected chi connectivity index (χ1v) is 8.60. The summed E-state index contributed by atoms with van der Waals surface area (Å²) >= 11 is 0. The third-order valence-corrected chi connectivity index (χ3v) is 4.35. The number of benzene rings is 1. The van der Waals surface area contributed by atoms with Gasteiger partial charge in [-0.15, -0.1) is 0 Å². The van der Waals surface area contributed by atoms with Crippen LogP contribution in [0.1, 0.15) is 26.7 Å². The average Bonchev–Trinajstić information content (AvgIpc) is 2.60. The number of carbonyl (C=O) groups is 2. The van der Waals surface area contributed by atoms with Crippen LogP contribution >= 0.6 is 0 Å². The number of nitrogens with one attached hydrogen (secondary N) is 2. The van der Waals surface area contributed by atoms with Gasteiger partial charge in [-0.2, -0.15) is 0 Å². The van der Waals surface area contributed by atoms with E-state index >= 15 is 0 Å². The van der Waals surface area contributed by atoms with E-state index in [1.165, 1.54) is 5.69 Å². The van der Waals surface area contributed by atoms with Crippen molar-refractivity contribution >= 4 is 17.5 Å². The van der Waals surface area contributed by atoms with E-state index in [2.05, 4.69) is 27.7 Å². The van der Waals surface area contributed by atoms with E-state index in [1.54, 1.807) is 0 Å². The lowest BCUT2D eigenvalue weighted by Crippen LogP contribution is -2.51. The van der Waals surface area contributed by atoms with E-state index in [-0.39, 0.29) is 30.3 Å². The first-order valence-electron chi connectivity index (χ1n) is 8.60. The molecule has 0 aromatic heterocycles. The van der Waals surface area contributed by atoms with E-state index in [0.717, 1.165) is 25.9 Å². The molecule has 0 saturated carbocycles. The van der Waals surface area contributed by atoms with Crippen molar-refractivity contribution in [2.45, 2.75) is 38.8 Å². The van der Waals surface area contributed by atoms with E-state index in [4.69, 9.17) is 5.73 Å². The van der Waals surface area contributed by atoms with Gasteiger partial charge < -0.3 is 21.3 Å². The predicted octanol–water partition coefficient (Wildman–Crippen LogP) is 0.871. The van der Waals surface area contributed by atoms with Gasteiger partial charge in [-0.1, -0.05) is 32.0 Å². The van der Waals surface area contributed by atoms with Crippen molar-refractivity contribution in [2.24, 2.45) is 11.7 Å². The first-order chi connectivity index (χ1) is 11.5. The number of nitrogens with zero attached hydrogens (tertiary/aromatic N) is 1. The summed E-state index contributed by atoms with van der Waals surface area (Å²) in [7, 11) is 0. The minimum absolute atomic E-state index is 0.0267. The lowest BCUT2D eigenvalue weighted by molar-refractivity contribution is -0.127. The number of nitrogens with two attached hydrogens (primary N) is 1. The van der Waals surface area contributed by atoms with Crippen molar-refractivity contribution in [1.29, 1.82) is 0 Å². The van der Waals surface area contributed by atoms with Crippen molar-refractivity contribution in [3.63, 3.8) is 0 Å². The largest absolute Gasteiger partial charge is 0.369 e. The van der Waals surface area contributed by atoms with Crippen molar-refractivity contribution < 1.29 is 9.59 Å². The number of hydrogen-bond donors (Lipinski definition) is 3. The van der Waals surface area contributed by atoms with E-state index in [1.807, 2.05) is 32.0 Å². The molecule has 2 rings (SSSR count). The summed E-state index contributed by atoms with van der Waals surface area (Å²) < 4.78 is 0. The fourth-order valence-electron chi connectivity index (χ4n) is 2.83. The number of piperidine rings is 1. The van der Waals surface area contributed by atoms with Crippen LogP contribution in [0, 0.1) is 5.92 Å². The zero-order chi connectivity index (χ0) is 17.5. The van der Waals surface area contributed by atoms with Crippen LogP contribution in [-0.4, -0.2) is 43.5 Å². The van der Waals surface area contributed by atoms with Crippen LogP contribution in [0.15, 0.2) is 30.3 Å². The molecule has 1 aromatic carbocycles. The second-order valence-corrected chi connectivity index (χ2v) is 6.68. The van der Waals surface area contributed by atoms with Gasteiger partial charge in [0.15, 0.2) is 0 Å². The molecule has 24 heavy (non-hydrogen) atoms. The highest BCUT2D eigenvalue weighted by Crippen LogP contribution is 2.19. The molecule has 1 saturated heterocycles. The maximum atomic E-state index is 12.1. The molecule has 1 aliphatic rings. The summed E-state index contributed by atoms with van der Waals surface area (Å²) in [4.78, 5) is 26.1. The Kier molecular flexibility index (Phi) is 6.61. The quantitative estimate of drug-likeness (QED) is 0.721. The molecule has 0 bridgehead atoms. The van der Waals surface area contributed by atoms with E-state index < -0.39 is 6.04 Å². The van der Waals surface area contributed by atoms with Crippen LogP contribution in [0.25, 0.3) is 0 Å². The highest BCUT2D eigenvalue weighted by molar-refractivity contribution is 5.87. The minimum atomic E-state index is -0.582. The van der Waals surface area contributed by atoms with Gasteiger partial charge in [0.1, 0.15) is 0 Å². The summed E-state index contributed by atoms with van der Waals surface area (Å²) in [5.74, 6) is -0.403. The second-order valence-electron chi connectivity index (χ2n) is 6.68. The van der Waals surface area contributed by atoms with Crippen molar-refractivity contribution in [2.75, 3.05) is 24.5 Å². The van der Waals surface area contributed by atoms with Crippen molar-refractivity contribution in [3.05, 3.63) is 30.3 Å². The summed E-state index contributed by atoms with van der Waals surface area (Å²) in [5.41, 5.74) is 6.94. The van der Waals surface area contributed by atoms with Gasteiger partial charge in [0.25, 0.3) is 0 Å². The predicted molar refractivity (Wildman–Crippen MR) is 95.6 cm³/mol. The molecule has 1 aromatic rings. The highest BCUT2D eigenvalue weighted by atomic mass is 16.2. The number of carbonyl (C=O) groups excluding carboxylic acids is 2. The van der Waals surface area contributed by atoms with Gasteiger partial charge in [-0.05, 0) is 30.9 Å². The Morgan fingerprint density at radius 1 is 1.29 bits per heavy atom. The lowest BCUT2D eigenvalue weighted by Gasteiger charge is -2.34.